The largest absolute Gasteiger partial charge is 0.463 e. The molecule has 5 rings (SSSR count). The summed E-state index contributed by atoms with van der Waals surface area (Å²) in [6.45, 7) is 2.05. The quantitative estimate of drug-likeness (QED) is 0.476. The van der Waals surface area contributed by atoms with E-state index in [1.165, 1.54) is 23.1 Å². The predicted octanol–water partition coefficient (Wildman–Crippen LogP) is 5.61. The number of hydrogen-bond acceptors (Lipinski definition) is 5. The molecule has 3 aromatic rings. The topological polar surface area (TPSA) is 36.7 Å². The normalized spacial score (nSPS) is 17.7. The smallest absolute Gasteiger partial charge is 0.254 e. The predicted molar refractivity (Wildman–Crippen MR) is 138 cm³/mol. The molecule has 0 bridgehead atoms. The van der Waals surface area contributed by atoms with Crippen LogP contribution >= 0.6 is 23.5 Å². The molecule has 1 aromatic heterocycles. The number of benzene rings is 2. The molecule has 0 aliphatic carbocycles. The van der Waals surface area contributed by atoms with Crippen LogP contribution in [0, 0.1) is 0 Å². The lowest BCUT2D eigenvalue weighted by atomic mass is 10.0. The van der Waals surface area contributed by atoms with Crippen LogP contribution < -0.4 is 0 Å². The van der Waals surface area contributed by atoms with Gasteiger partial charge in [-0.3, -0.25) is 4.79 Å². The van der Waals surface area contributed by atoms with Gasteiger partial charge in [0.1, 0.15) is 15.6 Å². The third-order valence-corrected chi connectivity index (χ3v) is 9.71. The number of amides is 1. The summed E-state index contributed by atoms with van der Waals surface area (Å²) in [5, 5.41) is 0. The maximum absolute atomic E-state index is 13.3. The first-order chi connectivity index (χ1) is 16.0. The van der Waals surface area contributed by atoms with Gasteiger partial charge in [0.15, 0.2) is 0 Å². The van der Waals surface area contributed by atoms with Gasteiger partial charge in [0.25, 0.3) is 5.91 Å². The SMILES string of the molecule is CN(C)Cc1cc2c(o1)CN(C(=O)c1ccc(C3(c4ccccc4)SCCCS3)cc1)CC2. The summed E-state index contributed by atoms with van der Waals surface area (Å²) in [4.78, 5) is 17.3. The maximum atomic E-state index is 13.3. The molecule has 172 valence electrons. The number of furan rings is 1. The minimum atomic E-state index is -0.0991. The Labute approximate surface area is 204 Å². The standard InChI is InChI=1S/C27H30N2O2S2/c1-28(2)18-24-17-21-13-14-29(19-25(21)31-24)26(30)20-9-11-23(12-10-20)27(32-15-6-16-33-27)22-7-4-3-5-8-22/h3-5,7-12,17H,6,13-16,18-19H2,1-2H3. The van der Waals surface area contributed by atoms with Gasteiger partial charge in [0.05, 0.1) is 13.1 Å². The Morgan fingerprint density at radius 1 is 1.03 bits per heavy atom. The fourth-order valence-electron chi connectivity index (χ4n) is 4.65. The van der Waals surface area contributed by atoms with Crippen molar-refractivity contribution in [3.05, 3.63) is 94.4 Å². The Bertz CT molecular complexity index is 1100. The van der Waals surface area contributed by atoms with Gasteiger partial charge in [0, 0.05) is 12.1 Å². The van der Waals surface area contributed by atoms with Crippen LogP contribution in [0.2, 0.25) is 0 Å². The van der Waals surface area contributed by atoms with Gasteiger partial charge in [-0.15, -0.1) is 23.5 Å². The zero-order valence-electron chi connectivity index (χ0n) is 19.3. The number of carbonyl (C=O) groups is 1. The highest BCUT2D eigenvalue weighted by atomic mass is 32.2. The number of nitrogens with zero attached hydrogens (tertiary/aromatic N) is 2. The molecule has 6 heteroatoms. The summed E-state index contributed by atoms with van der Waals surface area (Å²) >= 11 is 4.02. The van der Waals surface area contributed by atoms with Gasteiger partial charge < -0.3 is 14.2 Å². The van der Waals surface area contributed by atoms with Crippen molar-refractivity contribution in [1.82, 2.24) is 9.80 Å². The van der Waals surface area contributed by atoms with Crippen LogP contribution in [-0.4, -0.2) is 47.9 Å². The fraction of sp³-hybridized carbons (Fsp3) is 0.370. The van der Waals surface area contributed by atoms with Gasteiger partial charge >= 0.3 is 0 Å². The number of thioether (sulfide) groups is 2. The molecule has 1 saturated heterocycles. The van der Waals surface area contributed by atoms with Crippen LogP contribution in [0.5, 0.6) is 0 Å². The lowest BCUT2D eigenvalue weighted by molar-refractivity contribution is 0.0718. The van der Waals surface area contributed by atoms with E-state index in [2.05, 4.69) is 53.4 Å². The molecule has 3 heterocycles. The summed E-state index contributed by atoms with van der Waals surface area (Å²) in [5.41, 5.74) is 4.58. The number of rotatable bonds is 5. The summed E-state index contributed by atoms with van der Waals surface area (Å²) < 4.78 is 5.95. The second-order valence-corrected chi connectivity index (χ2v) is 11.9. The molecule has 0 saturated carbocycles. The zero-order chi connectivity index (χ0) is 22.8. The Kier molecular flexibility index (Phi) is 6.59. The molecule has 0 atom stereocenters. The third kappa shape index (κ3) is 4.61. The van der Waals surface area contributed by atoms with Gasteiger partial charge in [-0.1, -0.05) is 42.5 Å². The van der Waals surface area contributed by atoms with Crippen molar-refractivity contribution in [2.24, 2.45) is 0 Å². The highest BCUT2D eigenvalue weighted by Gasteiger charge is 2.37. The molecular weight excluding hydrogens is 448 g/mol. The summed E-state index contributed by atoms with van der Waals surface area (Å²) in [5.74, 6) is 4.28. The van der Waals surface area contributed by atoms with Crippen molar-refractivity contribution >= 4 is 29.4 Å². The van der Waals surface area contributed by atoms with E-state index in [1.54, 1.807) is 0 Å². The van der Waals surface area contributed by atoms with Crippen molar-refractivity contribution in [1.29, 1.82) is 0 Å². The van der Waals surface area contributed by atoms with E-state index in [9.17, 15) is 4.79 Å². The second kappa shape index (κ2) is 9.61. The van der Waals surface area contributed by atoms with Crippen molar-refractivity contribution in [3.8, 4) is 0 Å². The molecule has 0 N–H and O–H groups in total. The molecule has 4 nitrogen and oxygen atoms in total. The molecule has 0 spiro atoms. The van der Waals surface area contributed by atoms with E-state index in [0.717, 1.165) is 48.1 Å². The molecule has 1 fully saturated rings. The number of carbonyl (C=O) groups excluding carboxylic acids is 1. The molecular formula is C27H30N2O2S2. The highest BCUT2D eigenvalue weighted by molar-refractivity contribution is 8.18. The van der Waals surface area contributed by atoms with Crippen molar-refractivity contribution in [2.45, 2.75) is 30.0 Å². The van der Waals surface area contributed by atoms with Crippen molar-refractivity contribution in [2.75, 3.05) is 32.1 Å². The molecule has 0 unspecified atom stereocenters. The first-order valence-electron chi connectivity index (χ1n) is 11.5. The first kappa shape index (κ1) is 22.6. The van der Waals surface area contributed by atoms with Crippen LogP contribution in [0.4, 0.5) is 0 Å². The summed E-state index contributed by atoms with van der Waals surface area (Å²) in [6.07, 6.45) is 2.08. The monoisotopic (exact) mass is 478 g/mol. The van der Waals surface area contributed by atoms with Gasteiger partial charge in [-0.05, 0) is 73.3 Å². The van der Waals surface area contributed by atoms with Gasteiger partial charge in [-0.25, -0.2) is 0 Å². The first-order valence-corrected chi connectivity index (χ1v) is 13.5. The van der Waals surface area contributed by atoms with Gasteiger partial charge in [-0.2, -0.15) is 0 Å². The maximum Gasteiger partial charge on any atom is 0.254 e. The second-order valence-electron chi connectivity index (χ2n) is 8.99. The molecule has 2 aromatic carbocycles. The Balaban J connectivity index is 1.35. The number of hydrogen-bond donors (Lipinski definition) is 0. The Morgan fingerprint density at radius 3 is 2.42 bits per heavy atom. The van der Waals surface area contributed by atoms with Crippen LogP contribution in [0.15, 0.2) is 65.1 Å². The average Bonchev–Trinajstić information content (AvgIpc) is 3.25. The van der Waals surface area contributed by atoms with Gasteiger partial charge in [0.2, 0.25) is 0 Å². The van der Waals surface area contributed by atoms with E-state index in [1.807, 2.05) is 54.7 Å². The van der Waals surface area contributed by atoms with Crippen molar-refractivity contribution in [3.63, 3.8) is 0 Å². The van der Waals surface area contributed by atoms with E-state index in [0.29, 0.717) is 6.54 Å². The highest BCUT2D eigenvalue weighted by Crippen LogP contribution is 2.54. The minimum absolute atomic E-state index is 0.0791. The van der Waals surface area contributed by atoms with Crippen LogP contribution in [0.1, 0.15) is 45.0 Å². The Hall–Kier alpha value is -2.15. The lowest BCUT2D eigenvalue weighted by Crippen LogP contribution is -2.35. The molecule has 2 aliphatic heterocycles. The zero-order valence-corrected chi connectivity index (χ0v) is 20.9. The third-order valence-electron chi connectivity index (χ3n) is 6.26. The van der Waals surface area contributed by atoms with E-state index >= 15 is 0 Å². The van der Waals surface area contributed by atoms with Crippen molar-refractivity contribution < 1.29 is 9.21 Å². The van der Waals surface area contributed by atoms with E-state index < -0.39 is 0 Å². The summed E-state index contributed by atoms with van der Waals surface area (Å²) in [6, 6.07) is 21.2. The average molecular weight is 479 g/mol. The lowest BCUT2D eigenvalue weighted by Gasteiger charge is -2.37. The molecule has 33 heavy (non-hydrogen) atoms. The summed E-state index contributed by atoms with van der Waals surface area (Å²) in [7, 11) is 4.07. The van der Waals surface area contributed by atoms with Crippen LogP contribution in [0.3, 0.4) is 0 Å². The fourth-order valence-corrected chi connectivity index (χ4v) is 8.03. The molecule has 2 aliphatic rings. The Morgan fingerprint density at radius 2 is 1.73 bits per heavy atom. The van der Waals surface area contributed by atoms with E-state index in [-0.39, 0.29) is 9.99 Å². The molecule has 1 amide bonds. The van der Waals surface area contributed by atoms with Crippen LogP contribution in [0.25, 0.3) is 0 Å². The molecule has 0 radical (unpaired) electrons. The number of fused-ring (bicyclic) bond motifs is 1. The van der Waals surface area contributed by atoms with E-state index in [4.69, 9.17) is 4.42 Å². The minimum Gasteiger partial charge on any atom is -0.463 e. The van der Waals surface area contributed by atoms with Crippen LogP contribution in [-0.2, 0) is 23.6 Å².